The highest BCUT2D eigenvalue weighted by Gasteiger charge is 2.20. The number of fused-ring (bicyclic) bond motifs is 13. The van der Waals surface area contributed by atoms with Gasteiger partial charge in [0.1, 0.15) is 22.3 Å². The van der Waals surface area contributed by atoms with Gasteiger partial charge >= 0.3 is 0 Å². The Kier molecular flexibility index (Phi) is 5.26. The van der Waals surface area contributed by atoms with Crippen LogP contribution in [-0.2, 0) is 0 Å². The largest absolute Gasteiger partial charge is 0.456 e. The predicted octanol–water partition coefficient (Wildman–Crippen LogP) is 13.6. The van der Waals surface area contributed by atoms with Gasteiger partial charge in [0.25, 0.3) is 0 Å². The maximum atomic E-state index is 6.54. The molecule has 0 aliphatic carbocycles. The second kappa shape index (κ2) is 9.71. The molecule has 224 valence electrons. The van der Waals surface area contributed by atoms with E-state index in [0.29, 0.717) is 0 Å². The van der Waals surface area contributed by atoms with E-state index in [0.717, 1.165) is 60.9 Å². The van der Waals surface area contributed by atoms with Crippen LogP contribution in [0.15, 0.2) is 160 Å². The van der Waals surface area contributed by atoms with Crippen LogP contribution in [0.1, 0.15) is 0 Å². The van der Waals surface area contributed by atoms with E-state index in [1.54, 1.807) is 0 Å². The van der Waals surface area contributed by atoms with E-state index < -0.39 is 0 Å². The molecule has 0 bridgehead atoms. The van der Waals surface area contributed by atoms with Crippen LogP contribution in [0.4, 0.5) is 17.1 Å². The summed E-state index contributed by atoms with van der Waals surface area (Å²) in [6.45, 7) is 0. The average Bonchev–Trinajstić information content (AvgIpc) is 3.81. The van der Waals surface area contributed by atoms with Crippen LogP contribution >= 0.6 is 11.3 Å². The van der Waals surface area contributed by atoms with Crippen molar-refractivity contribution in [1.29, 1.82) is 0 Å². The SMILES string of the molecule is c1ccc(N(c2ccc3c(c2)oc2cc4ccccc4cc23)c2ccc3c(c2)sc2ccc4oc5c6ccccc6ccc5c4c23)cc1. The van der Waals surface area contributed by atoms with Gasteiger partial charge in [-0.1, -0.05) is 78.9 Å². The average molecular weight is 632 g/mol. The van der Waals surface area contributed by atoms with Crippen LogP contribution in [-0.4, -0.2) is 0 Å². The minimum atomic E-state index is 0.878. The highest BCUT2D eigenvalue weighted by molar-refractivity contribution is 7.26. The van der Waals surface area contributed by atoms with Crippen LogP contribution < -0.4 is 4.90 Å². The smallest absolute Gasteiger partial charge is 0.143 e. The van der Waals surface area contributed by atoms with Gasteiger partial charge in [0.05, 0.1) is 0 Å². The zero-order valence-corrected chi connectivity index (χ0v) is 26.4. The van der Waals surface area contributed by atoms with E-state index in [9.17, 15) is 0 Å². The Morgan fingerprint density at radius 1 is 0.375 bits per heavy atom. The van der Waals surface area contributed by atoms with Gasteiger partial charge in [-0.25, -0.2) is 0 Å². The molecule has 0 amide bonds. The zero-order valence-electron chi connectivity index (χ0n) is 25.6. The number of rotatable bonds is 3. The summed E-state index contributed by atoms with van der Waals surface area (Å²) in [5.41, 5.74) is 6.91. The summed E-state index contributed by atoms with van der Waals surface area (Å²) in [5.74, 6) is 0. The summed E-state index contributed by atoms with van der Waals surface area (Å²) in [6, 6.07) is 54.1. The number of benzene rings is 8. The molecule has 0 saturated carbocycles. The molecular formula is C44H25NO2S. The van der Waals surface area contributed by atoms with Gasteiger partial charge in [0.15, 0.2) is 0 Å². The third kappa shape index (κ3) is 3.69. The van der Waals surface area contributed by atoms with Gasteiger partial charge in [-0.3, -0.25) is 0 Å². The van der Waals surface area contributed by atoms with Gasteiger partial charge < -0.3 is 13.7 Å². The quantitative estimate of drug-likeness (QED) is 0.194. The highest BCUT2D eigenvalue weighted by Crippen LogP contribution is 2.46. The van der Waals surface area contributed by atoms with Crippen molar-refractivity contribution in [2.75, 3.05) is 4.90 Å². The fraction of sp³-hybridized carbons (Fsp3) is 0. The second-order valence-electron chi connectivity index (χ2n) is 12.5. The molecule has 0 unspecified atom stereocenters. The molecular weight excluding hydrogens is 607 g/mol. The topological polar surface area (TPSA) is 29.5 Å². The van der Waals surface area contributed by atoms with E-state index in [4.69, 9.17) is 8.83 Å². The van der Waals surface area contributed by atoms with E-state index in [-0.39, 0.29) is 0 Å². The summed E-state index contributed by atoms with van der Waals surface area (Å²) >= 11 is 1.83. The molecule has 3 nitrogen and oxygen atoms in total. The Hall–Kier alpha value is -6.10. The summed E-state index contributed by atoms with van der Waals surface area (Å²) in [5, 5.41) is 11.9. The van der Waals surface area contributed by atoms with Gasteiger partial charge in [0.2, 0.25) is 0 Å². The molecule has 0 aliphatic rings. The van der Waals surface area contributed by atoms with Crippen LogP contribution in [0.5, 0.6) is 0 Å². The standard InChI is InChI=1S/C44H25NO2S/c1-2-11-29(12-3-1)45(30-15-18-33-36-22-27-9-4-5-10-28(27)23-38(36)46-39(33)24-30)31-16-19-34-41(25-31)48-40-21-20-37-42(43(34)40)35-17-14-26-8-6-7-13-32(26)44(35)47-37/h1-25H. The second-order valence-corrected chi connectivity index (χ2v) is 13.6. The number of anilines is 3. The van der Waals surface area contributed by atoms with Gasteiger partial charge in [-0.15, -0.1) is 11.3 Å². The Labute approximate surface area is 278 Å². The normalized spacial score (nSPS) is 12.2. The maximum Gasteiger partial charge on any atom is 0.143 e. The van der Waals surface area contributed by atoms with Gasteiger partial charge in [0, 0.05) is 70.2 Å². The molecule has 0 N–H and O–H groups in total. The van der Waals surface area contributed by atoms with Crippen molar-refractivity contribution in [2.45, 2.75) is 0 Å². The highest BCUT2D eigenvalue weighted by atomic mass is 32.1. The lowest BCUT2D eigenvalue weighted by molar-refractivity contribution is 0.669. The molecule has 0 atom stereocenters. The van der Waals surface area contributed by atoms with Crippen LogP contribution in [0.25, 0.3) is 85.6 Å². The molecule has 0 radical (unpaired) electrons. The van der Waals surface area contributed by atoms with Gasteiger partial charge in [-0.05, 0) is 82.9 Å². The molecule has 48 heavy (non-hydrogen) atoms. The first kappa shape index (κ1) is 26.0. The molecule has 11 rings (SSSR count). The van der Waals surface area contributed by atoms with Crippen molar-refractivity contribution < 1.29 is 8.83 Å². The Morgan fingerprint density at radius 3 is 1.96 bits per heavy atom. The van der Waals surface area contributed by atoms with E-state index in [1.807, 2.05) is 11.3 Å². The Balaban J connectivity index is 1.11. The molecule has 0 spiro atoms. The summed E-state index contributed by atoms with van der Waals surface area (Å²) in [6.07, 6.45) is 0. The summed E-state index contributed by atoms with van der Waals surface area (Å²) in [7, 11) is 0. The van der Waals surface area contributed by atoms with Crippen molar-refractivity contribution in [3.63, 3.8) is 0 Å². The number of para-hydroxylation sites is 1. The van der Waals surface area contributed by atoms with Crippen molar-refractivity contribution in [3.8, 4) is 0 Å². The summed E-state index contributed by atoms with van der Waals surface area (Å²) < 4.78 is 15.5. The first-order valence-electron chi connectivity index (χ1n) is 16.2. The number of nitrogens with zero attached hydrogens (tertiary/aromatic N) is 1. The minimum Gasteiger partial charge on any atom is -0.456 e. The van der Waals surface area contributed by atoms with Crippen LogP contribution in [0, 0.1) is 0 Å². The lowest BCUT2D eigenvalue weighted by Gasteiger charge is -2.25. The molecule has 8 aromatic carbocycles. The fourth-order valence-electron chi connectivity index (χ4n) is 7.60. The van der Waals surface area contributed by atoms with Crippen LogP contribution in [0.2, 0.25) is 0 Å². The lowest BCUT2D eigenvalue weighted by atomic mass is 10.0. The molecule has 0 fully saturated rings. The third-order valence-corrected chi connectivity index (χ3v) is 10.9. The van der Waals surface area contributed by atoms with Crippen molar-refractivity contribution in [1.82, 2.24) is 0 Å². The van der Waals surface area contributed by atoms with E-state index in [1.165, 1.54) is 41.7 Å². The monoisotopic (exact) mass is 631 g/mol. The number of hydrogen-bond acceptors (Lipinski definition) is 4. The van der Waals surface area contributed by atoms with Crippen LogP contribution in [0.3, 0.4) is 0 Å². The molecule has 0 aliphatic heterocycles. The van der Waals surface area contributed by atoms with Crippen molar-refractivity contribution in [2.24, 2.45) is 0 Å². The molecule has 3 heterocycles. The molecule has 0 saturated heterocycles. The van der Waals surface area contributed by atoms with E-state index in [2.05, 4.69) is 157 Å². The minimum absolute atomic E-state index is 0.878. The molecule has 3 aromatic heterocycles. The number of hydrogen-bond donors (Lipinski definition) is 0. The first-order valence-corrected chi connectivity index (χ1v) is 17.0. The summed E-state index contributed by atoms with van der Waals surface area (Å²) in [4.78, 5) is 2.32. The lowest BCUT2D eigenvalue weighted by Crippen LogP contribution is -2.09. The van der Waals surface area contributed by atoms with Gasteiger partial charge in [-0.2, -0.15) is 0 Å². The Morgan fingerprint density at radius 2 is 1.08 bits per heavy atom. The molecule has 11 aromatic rings. The fourth-order valence-corrected chi connectivity index (χ4v) is 8.75. The zero-order chi connectivity index (χ0) is 31.3. The molecule has 4 heteroatoms. The number of furan rings is 2. The third-order valence-electron chi connectivity index (χ3n) is 9.80. The van der Waals surface area contributed by atoms with Crippen molar-refractivity contribution in [3.05, 3.63) is 152 Å². The van der Waals surface area contributed by atoms with E-state index >= 15 is 0 Å². The van der Waals surface area contributed by atoms with Crippen molar-refractivity contribution >= 4 is 114 Å². The predicted molar refractivity (Wildman–Crippen MR) is 204 cm³/mol. The Bertz CT molecular complexity index is 3070. The first-order chi connectivity index (χ1) is 23.8. The number of thiophene rings is 1. The maximum absolute atomic E-state index is 6.54.